The van der Waals surface area contributed by atoms with Crippen LogP contribution in [0.2, 0.25) is 0 Å². The molecule has 37 heavy (non-hydrogen) atoms. The third-order valence-corrected chi connectivity index (χ3v) is 6.28. The SMILES string of the molecule is COc1ccccc1NC(=O)C1=C(C)Nc2nc(-c3ccc(N(C)C)cc3)nn2C1c1ccc(F)cc1. The zero-order valence-corrected chi connectivity index (χ0v) is 21.0. The van der Waals surface area contributed by atoms with Crippen LogP contribution >= 0.6 is 0 Å². The van der Waals surface area contributed by atoms with Gasteiger partial charge in [-0.15, -0.1) is 5.10 Å². The molecule has 0 bridgehead atoms. The maximum Gasteiger partial charge on any atom is 0.255 e. The van der Waals surface area contributed by atoms with E-state index in [4.69, 9.17) is 14.8 Å². The lowest BCUT2D eigenvalue weighted by molar-refractivity contribution is -0.113. The molecule has 8 nitrogen and oxygen atoms in total. The molecule has 0 aliphatic carbocycles. The van der Waals surface area contributed by atoms with Crippen molar-refractivity contribution >= 4 is 23.2 Å². The second-order valence-electron chi connectivity index (χ2n) is 8.92. The van der Waals surface area contributed by atoms with Crippen LogP contribution in [-0.4, -0.2) is 41.9 Å². The van der Waals surface area contributed by atoms with Gasteiger partial charge in [-0.25, -0.2) is 9.07 Å². The lowest BCUT2D eigenvalue weighted by Crippen LogP contribution is -2.31. The van der Waals surface area contributed by atoms with Crippen molar-refractivity contribution in [2.75, 3.05) is 36.7 Å². The minimum absolute atomic E-state index is 0.332. The van der Waals surface area contributed by atoms with E-state index in [0.717, 1.165) is 11.3 Å². The Kier molecular flexibility index (Phi) is 6.35. The van der Waals surface area contributed by atoms with E-state index in [1.165, 1.54) is 12.1 Å². The number of fused-ring (bicyclic) bond motifs is 1. The summed E-state index contributed by atoms with van der Waals surface area (Å²) in [5.74, 6) is 0.855. The van der Waals surface area contributed by atoms with Gasteiger partial charge in [0.2, 0.25) is 5.95 Å². The first kappa shape index (κ1) is 24.1. The number of para-hydroxylation sites is 2. The molecule has 9 heteroatoms. The fourth-order valence-corrected chi connectivity index (χ4v) is 4.37. The van der Waals surface area contributed by atoms with Gasteiger partial charge in [0.05, 0.1) is 18.4 Å². The predicted octanol–water partition coefficient (Wildman–Crippen LogP) is 5.09. The van der Waals surface area contributed by atoms with Crippen molar-refractivity contribution in [2.24, 2.45) is 0 Å². The lowest BCUT2D eigenvalue weighted by atomic mass is 9.95. The van der Waals surface area contributed by atoms with E-state index in [1.807, 2.05) is 62.3 Å². The minimum atomic E-state index is -0.631. The molecule has 1 amide bonds. The molecule has 0 radical (unpaired) electrons. The zero-order chi connectivity index (χ0) is 26.1. The number of nitrogens with one attached hydrogen (secondary N) is 2. The van der Waals surface area contributed by atoms with E-state index in [9.17, 15) is 9.18 Å². The molecule has 1 unspecified atom stereocenters. The highest BCUT2D eigenvalue weighted by atomic mass is 19.1. The number of rotatable bonds is 6. The molecule has 2 heterocycles. The molecular formula is C28H27FN6O2. The highest BCUT2D eigenvalue weighted by molar-refractivity contribution is 6.06. The monoisotopic (exact) mass is 498 g/mol. The second-order valence-corrected chi connectivity index (χ2v) is 8.92. The number of anilines is 3. The molecule has 2 N–H and O–H groups in total. The average molecular weight is 499 g/mol. The van der Waals surface area contributed by atoms with Crippen molar-refractivity contribution < 1.29 is 13.9 Å². The van der Waals surface area contributed by atoms with Gasteiger partial charge in [-0.05, 0) is 61.0 Å². The lowest BCUT2D eigenvalue weighted by Gasteiger charge is -2.28. The normalized spacial score (nSPS) is 14.6. The number of nitrogens with zero attached hydrogens (tertiary/aromatic N) is 4. The number of hydrogen-bond acceptors (Lipinski definition) is 6. The molecular weight excluding hydrogens is 471 g/mol. The Balaban J connectivity index is 1.57. The molecule has 0 fully saturated rings. The number of allylic oxidation sites excluding steroid dienone is 1. The van der Waals surface area contributed by atoms with E-state index < -0.39 is 6.04 Å². The molecule has 1 aliphatic rings. The quantitative estimate of drug-likeness (QED) is 0.386. The van der Waals surface area contributed by atoms with Gasteiger partial charge >= 0.3 is 0 Å². The standard InChI is InChI=1S/C28H27FN6O2/c1-17-24(27(36)31-22-7-5-6-8-23(22)37-4)25(18-9-13-20(29)14-10-18)35-28(30-17)32-26(33-35)19-11-15-21(16-12-19)34(2)3/h5-16,25H,1-4H3,(H,31,36)(H,30,32,33). The molecule has 5 rings (SSSR count). The Morgan fingerprint density at radius 2 is 1.76 bits per heavy atom. The van der Waals surface area contributed by atoms with Crippen molar-refractivity contribution in [3.05, 3.63) is 95.4 Å². The number of methoxy groups -OCH3 is 1. The minimum Gasteiger partial charge on any atom is -0.495 e. The zero-order valence-electron chi connectivity index (χ0n) is 21.0. The van der Waals surface area contributed by atoms with Crippen LogP contribution in [0.15, 0.2) is 84.1 Å². The van der Waals surface area contributed by atoms with Gasteiger partial charge in [0, 0.05) is 31.0 Å². The Bertz CT molecular complexity index is 1480. The molecule has 0 saturated carbocycles. The van der Waals surface area contributed by atoms with E-state index in [0.29, 0.717) is 40.0 Å². The number of amides is 1. The average Bonchev–Trinajstić information content (AvgIpc) is 3.32. The third-order valence-electron chi connectivity index (χ3n) is 6.28. The van der Waals surface area contributed by atoms with Gasteiger partial charge in [0.25, 0.3) is 5.91 Å². The summed E-state index contributed by atoms with van der Waals surface area (Å²) in [6.07, 6.45) is 0. The smallest absolute Gasteiger partial charge is 0.255 e. The Labute approximate surface area is 214 Å². The molecule has 4 aromatic rings. The van der Waals surface area contributed by atoms with E-state index in [-0.39, 0.29) is 11.7 Å². The fourth-order valence-electron chi connectivity index (χ4n) is 4.37. The number of ether oxygens (including phenoxy) is 1. The van der Waals surface area contributed by atoms with Gasteiger partial charge < -0.3 is 20.3 Å². The Morgan fingerprint density at radius 1 is 1.05 bits per heavy atom. The van der Waals surface area contributed by atoms with Crippen LogP contribution < -0.4 is 20.3 Å². The van der Waals surface area contributed by atoms with Crippen LogP contribution in [0, 0.1) is 5.82 Å². The number of halogens is 1. The van der Waals surface area contributed by atoms with E-state index >= 15 is 0 Å². The van der Waals surface area contributed by atoms with Crippen LogP contribution in [-0.2, 0) is 4.79 Å². The molecule has 1 aromatic heterocycles. The van der Waals surface area contributed by atoms with Gasteiger partial charge in [-0.3, -0.25) is 4.79 Å². The molecule has 1 atom stereocenters. The van der Waals surface area contributed by atoms with Crippen LogP contribution in [0.3, 0.4) is 0 Å². The number of benzene rings is 3. The van der Waals surface area contributed by atoms with Crippen molar-refractivity contribution in [3.63, 3.8) is 0 Å². The van der Waals surface area contributed by atoms with Crippen molar-refractivity contribution in [2.45, 2.75) is 13.0 Å². The molecule has 3 aromatic carbocycles. The van der Waals surface area contributed by atoms with Crippen molar-refractivity contribution in [1.82, 2.24) is 14.8 Å². The number of hydrogen-bond donors (Lipinski definition) is 2. The predicted molar refractivity (Wildman–Crippen MR) is 142 cm³/mol. The van der Waals surface area contributed by atoms with E-state index in [2.05, 4.69) is 10.6 Å². The summed E-state index contributed by atoms with van der Waals surface area (Å²) in [5, 5.41) is 11.0. The highest BCUT2D eigenvalue weighted by Crippen LogP contribution is 2.37. The maximum absolute atomic E-state index is 13.8. The topological polar surface area (TPSA) is 84.3 Å². The fraction of sp³-hybridized carbons (Fsp3) is 0.179. The first-order valence-electron chi connectivity index (χ1n) is 11.8. The van der Waals surface area contributed by atoms with Crippen LogP contribution in [0.5, 0.6) is 5.75 Å². The largest absolute Gasteiger partial charge is 0.495 e. The Hall–Kier alpha value is -4.66. The van der Waals surface area contributed by atoms with E-state index in [1.54, 1.807) is 36.1 Å². The summed E-state index contributed by atoms with van der Waals surface area (Å²) in [6, 6.07) is 20.5. The first-order chi connectivity index (χ1) is 17.9. The van der Waals surface area contributed by atoms with Crippen LogP contribution in [0.25, 0.3) is 11.4 Å². The molecule has 0 spiro atoms. The third kappa shape index (κ3) is 4.63. The van der Waals surface area contributed by atoms with Crippen LogP contribution in [0.1, 0.15) is 18.5 Å². The molecule has 0 saturated heterocycles. The van der Waals surface area contributed by atoms with Crippen molar-refractivity contribution in [1.29, 1.82) is 0 Å². The molecule has 1 aliphatic heterocycles. The Morgan fingerprint density at radius 3 is 2.43 bits per heavy atom. The number of carbonyl (C=O) groups excluding carboxylic acids is 1. The summed E-state index contributed by atoms with van der Waals surface area (Å²) in [5.41, 5.74) is 4.19. The first-order valence-corrected chi connectivity index (χ1v) is 11.8. The summed E-state index contributed by atoms with van der Waals surface area (Å²) in [4.78, 5) is 20.4. The van der Waals surface area contributed by atoms with Gasteiger partial charge in [0.15, 0.2) is 5.82 Å². The van der Waals surface area contributed by atoms with Crippen LogP contribution in [0.4, 0.5) is 21.7 Å². The van der Waals surface area contributed by atoms with Crippen molar-refractivity contribution in [3.8, 4) is 17.1 Å². The second kappa shape index (κ2) is 9.77. The maximum atomic E-state index is 13.8. The van der Waals surface area contributed by atoms with Gasteiger partial charge in [0.1, 0.15) is 17.6 Å². The summed E-state index contributed by atoms with van der Waals surface area (Å²) in [6.45, 7) is 1.82. The highest BCUT2D eigenvalue weighted by Gasteiger charge is 2.34. The summed E-state index contributed by atoms with van der Waals surface area (Å²) >= 11 is 0. The van der Waals surface area contributed by atoms with Gasteiger partial charge in [-0.1, -0.05) is 24.3 Å². The van der Waals surface area contributed by atoms with Gasteiger partial charge in [-0.2, -0.15) is 4.98 Å². The molecule has 188 valence electrons. The summed E-state index contributed by atoms with van der Waals surface area (Å²) < 4.78 is 20.9. The number of carbonyl (C=O) groups is 1. The number of aromatic nitrogens is 3. The summed E-state index contributed by atoms with van der Waals surface area (Å²) in [7, 11) is 5.50.